The van der Waals surface area contributed by atoms with Gasteiger partial charge in [-0.25, -0.2) is 4.98 Å². The van der Waals surface area contributed by atoms with Gasteiger partial charge in [-0.1, -0.05) is 24.3 Å². The number of nitrogens with one attached hydrogen (secondary N) is 1. The molecule has 0 spiro atoms. The Balaban J connectivity index is 1.75. The highest BCUT2D eigenvalue weighted by molar-refractivity contribution is 6.51. The zero-order chi connectivity index (χ0) is 21.5. The lowest BCUT2D eigenvalue weighted by molar-refractivity contribution is -0.132. The molecule has 4 aromatic rings. The molecule has 1 aliphatic rings. The number of hydrogen-bond donors (Lipinski definition) is 3. The number of phenols is 1. The number of anilines is 1. The first kappa shape index (κ1) is 18.6. The Morgan fingerprint density at radius 1 is 1.00 bits per heavy atom. The Kier molecular flexibility index (Phi) is 4.25. The molecule has 1 unspecified atom stereocenters. The normalized spacial score (nSPS) is 18.1. The number of pyridine rings is 1. The molecular formula is C23H16N4O4. The molecule has 1 aliphatic heterocycles. The minimum absolute atomic E-state index is 0.0309. The number of nitrogens with zero attached hydrogens (tertiary/aromatic N) is 3. The fourth-order valence-electron chi connectivity index (χ4n) is 3.78. The average Bonchev–Trinajstić information content (AvgIpc) is 3.32. The second-order valence-corrected chi connectivity index (χ2v) is 7.08. The lowest BCUT2D eigenvalue weighted by atomic mass is 9.95. The van der Waals surface area contributed by atoms with Crippen molar-refractivity contribution in [3.8, 4) is 5.75 Å². The van der Waals surface area contributed by atoms with Crippen molar-refractivity contribution >= 4 is 34.4 Å². The number of aliphatic hydroxyl groups is 1. The highest BCUT2D eigenvalue weighted by Gasteiger charge is 2.48. The fraction of sp³-hybridized carbons (Fsp3) is 0.0435. The molecule has 1 saturated heterocycles. The molecular weight excluding hydrogens is 396 g/mol. The molecule has 3 heterocycles. The van der Waals surface area contributed by atoms with Gasteiger partial charge in [0.25, 0.3) is 5.78 Å². The molecule has 2 aromatic heterocycles. The van der Waals surface area contributed by atoms with Crippen molar-refractivity contribution < 1.29 is 19.8 Å². The Labute approximate surface area is 176 Å². The number of aromatic amines is 1. The minimum Gasteiger partial charge on any atom is -0.508 e. The standard InChI is InChI=1S/C23H16N4O4/c28-15-5-3-4-14(12-15)19-18(20(29)13-8-10-24-11-9-13)21(30)22(31)27(19)23-25-16-6-1-2-7-17(16)26-23/h1-12,19,28-29H,(H,25,26)/b20-18+. The van der Waals surface area contributed by atoms with Gasteiger partial charge in [0.1, 0.15) is 11.5 Å². The molecule has 0 radical (unpaired) electrons. The highest BCUT2D eigenvalue weighted by Crippen LogP contribution is 2.42. The molecule has 8 heteroatoms. The fourth-order valence-corrected chi connectivity index (χ4v) is 3.78. The van der Waals surface area contributed by atoms with Crippen molar-refractivity contribution in [2.45, 2.75) is 6.04 Å². The number of H-pyrrole nitrogens is 1. The van der Waals surface area contributed by atoms with Gasteiger partial charge in [-0.2, -0.15) is 0 Å². The maximum Gasteiger partial charge on any atom is 0.302 e. The molecule has 0 aliphatic carbocycles. The van der Waals surface area contributed by atoms with E-state index >= 15 is 0 Å². The van der Waals surface area contributed by atoms with Crippen LogP contribution >= 0.6 is 0 Å². The first-order valence-electron chi connectivity index (χ1n) is 9.49. The zero-order valence-electron chi connectivity index (χ0n) is 16.1. The van der Waals surface area contributed by atoms with Crippen molar-refractivity contribution in [2.24, 2.45) is 0 Å². The van der Waals surface area contributed by atoms with E-state index in [4.69, 9.17) is 0 Å². The van der Waals surface area contributed by atoms with Gasteiger partial charge >= 0.3 is 5.91 Å². The third-order valence-corrected chi connectivity index (χ3v) is 5.19. The van der Waals surface area contributed by atoms with Crippen molar-refractivity contribution in [3.63, 3.8) is 0 Å². The van der Waals surface area contributed by atoms with E-state index in [-0.39, 0.29) is 23.0 Å². The Morgan fingerprint density at radius 2 is 1.77 bits per heavy atom. The number of imidazole rings is 1. The number of rotatable bonds is 3. The predicted molar refractivity (Wildman–Crippen MR) is 113 cm³/mol. The van der Waals surface area contributed by atoms with Crippen molar-refractivity contribution in [1.29, 1.82) is 0 Å². The highest BCUT2D eigenvalue weighted by atomic mass is 16.3. The first-order valence-corrected chi connectivity index (χ1v) is 9.49. The number of Topliss-reactive ketones (excluding diaryl/α,β-unsaturated/α-hetero) is 1. The van der Waals surface area contributed by atoms with Crippen LogP contribution in [-0.4, -0.2) is 36.9 Å². The van der Waals surface area contributed by atoms with Crippen molar-refractivity contribution in [2.75, 3.05) is 4.90 Å². The van der Waals surface area contributed by atoms with E-state index < -0.39 is 17.7 Å². The lowest BCUT2D eigenvalue weighted by Crippen LogP contribution is -2.30. The summed E-state index contributed by atoms with van der Waals surface area (Å²) in [4.78, 5) is 38.8. The smallest absolute Gasteiger partial charge is 0.302 e. The number of fused-ring (bicyclic) bond motifs is 1. The zero-order valence-corrected chi connectivity index (χ0v) is 16.1. The molecule has 1 amide bonds. The third-order valence-electron chi connectivity index (χ3n) is 5.19. The van der Waals surface area contributed by atoms with Gasteiger partial charge in [-0.05, 0) is 42.0 Å². The number of hydrogen-bond acceptors (Lipinski definition) is 6. The summed E-state index contributed by atoms with van der Waals surface area (Å²) in [5.74, 6) is -1.86. The molecule has 2 aromatic carbocycles. The second-order valence-electron chi connectivity index (χ2n) is 7.08. The van der Waals surface area contributed by atoms with Gasteiger partial charge in [0.2, 0.25) is 5.95 Å². The van der Waals surface area contributed by atoms with E-state index in [2.05, 4.69) is 15.0 Å². The number of para-hydroxylation sites is 2. The number of amides is 1. The average molecular weight is 412 g/mol. The van der Waals surface area contributed by atoms with Gasteiger partial charge < -0.3 is 15.2 Å². The minimum atomic E-state index is -0.985. The SMILES string of the molecule is O=C1C(=O)N(c2nc3ccccc3[nH]2)C(c2cccc(O)c2)/C1=C(\O)c1ccncc1. The molecule has 3 N–H and O–H groups in total. The van der Waals surface area contributed by atoms with E-state index in [1.807, 2.05) is 18.2 Å². The Hall–Kier alpha value is -4.46. The molecule has 0 bridgehead atoms. The quantitative estimate of drug-likeness (QED) is 0.270. The summed E-state index contributed by atoms with van der Waals surface area (Å²) in [6, 6.07) is 15.6. The first-order chi connectivity index (χ1) is 15.0. The number of ketones is 1. The van der Waals surface area contributed by atoms with E-state index in [0.717, 1.165) is 0 Å². The molecule has 5 rings (SSSR count). The van der Waals surface area contributed by atoms with Crippen LogP contribution in [0.5, 0.6) is 5.75 Å². The van der Waals surface area contributed by atoms with Gasteiger partial charge in [-0.15, -0.1) is 0 Å². The molecule has 1 atom stereocenters. The summed E-state index contributed by atoms with van der Waals surface area (Å²) in [6.07, 6.45) is 2.96. The summed E-state index contributed by atoms with van der Waals surface area (Å²) >= 11 is 0. The van der Waals surface area contributed by atoms with Crippen LogP contribution in [0.1, 0.15) is 17.2 Å². The molecule has 1 fully saturated rings. The van der Waals surface area contributed by atoms with Crippen molar-refractivity contribution in [1.82, 2.24) is 15.0 Å². The maximum atomic E-state index is 13.1. The molecule has 152 valence electrons. The van der Waals surface area contributed by atoms with E-state index in [1.165, 1.54) is 29.4 Å². The van der Waals surface area contributed by atoms with Crippen LogP contribution in [0, 0.1) is 0 Å². The van der Waals surface area contributed by atoms with Crippen LogP contribution in [0.15, 0.2) is 78.6 Å². The summed E-state index contributed by atoms with van der Waals surface area (Å²) in [5, 5.41) is 21.0. The molecule has 8 nitrogen and oxygen atoms in total. The number of carbonyl (C=O) groups excluding carboxylic acids is 2. The van der Waals surface area contributed by atoms with Gasteiger partial charge in [0.15, 0.2) is 0 Å². The number of phenolic OH excluding ortho intramolecular Hbond substituents is 1. The van der Waals surface area contributed by atoms with E-state index in [9.17, 15) is 19.8 Å². The van der Waals surface area contributed by atoms with Gasteiger partial charge in [-0.3, -0.25) is 19.5 Å². The van der Waals surface area contributed by atoms with Crippen LogP contribution in [0.3, 0.4) is 0 Å². The largest absolute Gasteiger partial charge is 0.508 e. The summed E-state index contributed by atoms with van der Waals surface area (Å²) in [7, 11) is 0. The second kappa shape index (κ2) is 7.10. The summed E-state index contributed by atoms with van der Waals surface area (Å²) < 4.78 is 0. The van der Waals surface area contributed by atoms with Gasteiger partial charge in [0, 0.05) is 18.0 Å². The number of benzene rings is 2. The van der Waals surface area contributed by atoms with Crippen molar-refractivity contribution in [3.05, 3.63) is 89.8 Å². The van der Waals surface area contributed by atoms with Crippen LogP contribution < -0.4 is 4.90 Å². The Morgan fingerprint density at radius 3 is 2.52 bits per heavy atom. The van der Waals surface area contributed by atoms with Crippen LogP contribution in [0.25, 0.3) is 16.8 Å². The maximum absolute atomic E-state index is 13.1. The monoisotopic (exact) mass is 412 g/mol. The molecule has 0 saturated carbocycles. The predicted octanol–water partition coefficient (Wildman–Crippen LogP) is 3.29. The topological polar surface area (TPSA) is 119 Å². The summed E-state index contributed by atoms with van der Waals surface area (Å²) in [5.41, 5.74) is 2.03. The van der Waals surface area contributed by atoms with Crippen LogP contribution in [0.4, 0.5) is 5.95 Å². The van der Waals surface area contributed by atoms with E-state index in [0.29, 0.717) is 22.2 Å². The third kappa shape index (κ3) is 3.01. The number of aliphatic hydroxyl groups excluding tert-OH is 1. The number of aromatic hydroxyl groups is 1. The lowest BCUT2D eigenvalue weighted by Gasteiger charge is -2.23. The Bertz CT molecular complexity index is 1330. The number of aromatic nitrogens is 3. The summed E-state index contributed by atoms with van der Waals surface area (Å²) in [6.45, 7) is 0. The number of carbonyl (C=O) groups is 2. The molecule has 31 heavy (non-hydrogen) atoms. The van der Waals surface area contributed by atoms with Crippen LogP contribution in [0.2, 0.25) is 0 Å². The van der Waals surface area contributed by atoms with Crippen LogP contribution in [-0.2, 0) is 9.59 Å². The van der Waals surface area contributed by atoms with E-state index in [1.54, 1.807) is 30.3 Å². The van der Waals surface area contributed by atoms with Gasteiger partial charge in [0.05, 0.1) is 22.6 Å².